The summed E-state index contributed by atoms with van der Waals surface area (Å²) in [6, 6.07) is 7.58. The zero-order valence-electron chi connectivity index (χ0n) is 18.3. The zero-order valence-corrected chi connectivity index (χ0v) is 19.9. The Morgan fingerprint density at radius 2 is 2.03 bits per heavy atom. The van der Waals surface area contributed by atoms with E-state index in [1.165, 1.54) is 6.20 Å². The van der Waals surface area contributed by atoms with Crippen molar-refractivity contribution in [3.8, 4) is 0 Å². The first kappa shape index (κ1) is 23.7. The molecular weight excluding hydrogens is 432 g/mol. The highest BCUT2D eigenvalue weighted by Gasteiger charge is 2.21. The van der Waals surface area contributed by atoms with Crippen molar-refractivity contribution >= 4 is 27.2 Å². The van der Waals surface area contributed by atoms with Crippen LogP contribution in [0.3, 0.4) is 0 Å². The number of carbonyl (C=O) groups is 1. The molecule has 1 aliphatic heterocycles. The Hall–Kier alpha value is -1.97. The lowest BCUT2D eigenvalue weighted by Gasteiger charge is -2.30. The number of nitrogens with one attached hydrogen (secondary N) is 1. The third-order valence-electron chi connectivity index (χ3n) is 5.73. The molecule has 1 aromatic heterocycles. The van der Waals surface area contributed by atoms with Gasteiger partial charge in [0, 0.05) is 37.3 Å². The Bertz CT molecular complexity index is 930. The standard InChI is InChI=1S/C22H32N4O3S2/c1-3-25(13-4-5-14-26-15-6-11-23-21(26)27)18(2)17-19-7-9-20(10-8-19)31(28,29)22-24-12-16-30-22/h7-10,12,16,18H,3-6,11,13-15,17H2,1-2H3,(H,23,27). The van der Waals surface area contributed by atoms with Crippen molar-refractivity contribution in [1.29, 1.82) is 0 Å². The molecule has 1 saturated heterocycles. The summed E-state index contributed by atoms with van der Waals surface area (Å²) in [6.45, 7) is 8.78. The number of aromatic nitrogens is 1. The van der Waals surface area contributed by atoms with Gasteiger partial charge in [0.05, 0.1) is 4.90 Å². The van der Waals surface area contributed by atoms with E-state index in [-0.39, 0.29) is 15.3 Å². The molecule has 7 nitrogen and oxygen atoms in total. The summed E-state index contributed by atoms with van der Waals surface area (Å²) in [4.78, 5) is 20.4. The van der Waals surface area contributed by atoms with Crippen LogP contribution in [0.2, 0.25) is 0 Å². The van der Waals surface area contributed by atoms with E-state index in [9.17, 15) is 13.2 Å². The highest BCUT2D eigenvalue weighted by Crippen LogP contribution is 2.23. The maximum Gasteiger partial charge on any atom is 0.317 e. The Labute approximate surface area is 189 Å². The van der Waals surface area contributed by atoms with Crippen LogP contribution in [0.1, 0.15) is 38.7 Å². The average Bonchev–Trinajstić information content (AvgIpc) is 3.31. The van der Waals surface area contributed by atoms with Gasteiger partial charge in [0.15, 0.2) is 0 Å². The van der Waals surface area contributed by atoms with Gasteiger partial charge in [-0.25, -0.2) is 18.2 Å². The predicted octanol–water partition coefficient (Wildman–Crippen LogP) is 3.42. The summed E-state index contributed by atoms with van der Waals surface area (Å²) in [5, 5.41) is 4.57. The van der Waals surface area contributed by atoms with Crippen molar-refractivity contribution in [2.75, 3.05) is 32.7 Å². The monoisotopic (exact) mass is 464 g/mol. The number of carbonyl (C=O) groups excluding carboxylic acids is 1. The lowest BCUT2D eigenvalue weighted by Crippen LogP contribution is -2.46. The maximum absolute atomic E-state index is 12.6. The average molecular weight is 465 g/mol. The largest absolute Gasteiger partial charge is 0.338 e. The van der Waals surface area contributed by atoms with E-state index in [1.807, 2.05) is 17.0 Å². The fourth-order valence-corrected chi connectivity index (χ4v) is 6.14. The summed E-state index contributed by atoms with van der Waals surface area (Å²) in [7, 11) is -3.53. The van der Waals surface area contributed by atoms with Crippen molar-refractivity contribution in [2.24, 2.45) is 0 Å². The predicted molar refractivity (Wildman–Crippen MR) is 123 cm³/mol. The van der Waals surface area contributed by atoms with Crippen LogP contribution in [0.25, 0.3) is 0 Å². The van der Waals surface area contributed by atoms with Crippen molar-refractivity contribution in [3.63, 3.8) is 0 Å². The number of amides is 2. The first-order valence-corrected chi connectivity index (χ1v) is 13.3. The van der Waals surface area contributed by atoms with Crippen LogP contribution < -0.4 is 5.32 Å². The number of urea groups is 1. The molecule has 1 unspecified atom stereocenters. The van der Waals surface area contributed by atoms with E-state index in [0.29, 0.717) is 6.04 Å². The molecule has 2 amide bonds. The smallest absolute Gasteiger partial charge is 0.317 e. The molecule has 1 aromatic carbocycles. The normalized spacial score (nSPS) is 15.8. The van der Waals surface area contributed by atoms with Gasteiger partial charge in [0.25, 0.3) is 0 Å². The SMILES string of the molecule is CCN(CCCCN1CCCNC1=O)C(C)Cc1ccc(S(=O)(=O)c2nccs2)cc1. The molecule has 2 heterocycles. The van der Waals surface area contributed by atoms with Gasteiger partial charge in [0.1, 0.15) is 0 Å². The second-order valence-corrected chi connectivity index (χ2v) is 10.9. The number of rotatable bonds is 11. The Kier molecular flexibility index (Phi) is 8.45. The van der Waals surface area contributed by atoms with Gasteiger partial charge < -0.3 is 15.1 Å². The van der Waals surface area contributed by atoms with E-state index < -0.39 is 9.84 Å². The van der Waals surface area contributed by atoms with Gasteiger partial charge in [-0.1, -0.05) is 19.1 Å². The fourth-order valence-electron chi connectivity index (χ4n) is 3.92. The summed E-state index contributed by atoms with van der Waals surface area (Å²) in [5.41, 5.74) is 1.12. The van der Waals surface area contributed by atoms with Crippen molar-refractivity contribution in [1.82, 2.24) is 20.1 Å². The molecule has 2 aromatic rings. The molecule has 1 N–H and O–H groups in total. The van der Waals surface area contributed by atoms with Crippen LogP contribution in [0.5, 0.6) is 0 Å². The topological polar surface area (TPSA) is 82.6 Å². The molecule has 0 bridgehead atoms. The van der Waals surface area contributed by atoms with E-state index in [4.69, 9.17) is 0 Å². The summed E-state index contributed by atoms with van der Waals surface area (Å²) < 4.78 is 25.3. The second-order valence-electron chi connectivity index (χ2n) is 7.91. The number of unbranched alkanes of at least 4 members (excludes halogenated alkanes) is 1. The minimum Gasteiger partial charge on any atom is -0.338 e. The van der Waals surface area contributed by atoms with Crippen LogP contribution in [-0.2, 0) is 16.3 Å². The van der Waals surface area contributed by atoms with Gasteiger partial charge in [-0.05, 0) is 63.4 Å². The lowest BCUT2D eigenvalue weighted by molar-refractivity contribution is 0.180. The van der Waals surface area contributed by atoms with Gasteiger partial charge in [-0.2, -0.15) is 0 Å². The summed E-state index contributed by atoms with van der Waals surface area (Å²) in [5.74, 6) is 0. The number of sulfone groups is 1. The van der Waals surface area contributed by atoms with Gasteiger partial charge in [-0.15, -0.1) is 11.3 Å². The van der Waals surface area contributed by atoms with Crippen LogP contribution in [0.15, 0.2) is 45.1 Å². The highest BCUT2D eigenvalue weighted by molar-refractivity contribution is 7.93. The first-order chi connectivity index (χ1) is 14.9. The molecule has 3 rings (SSSR count). The molecule has 9 heteroatoms. The second kappa shape index (κ2) is 11.1. The van der Waals surface area contributed by atoms with Crippen LogP contribution >= 0.6 is 11.3 Å². The highest BCUT2D eigenvalue weighted by atomic mass is 32.2. The molecule has 31 heavy (non-hydrogen) atoms. The molecule has 0 saturated carbocycles. The van der Waals surface area contributed by atoms with E-state index >= 15 is 0 Å². The third kappa shape index (κ3) is 6.27. The van der Waals surface area contributed by atoms with Crippen LogP contribution in [-0.4, -0.2) is 68.0 Å². The molecule has 0 spiro atoms. The molecule has 0 radical (unpaired) electrons. The molecule has 170 valence electrons. The molecule has 1 fully saturated rings. The molecule has 0 aliphatic carbocycles. The van der Waals surface area contributed by atoms with Crippen LogP contribution in [0.4, 0.5) is 4.79 Å². The molecule has 1 atom stereocenters. The van der Waals surface area contributed by atoms with Gasteiger partial charge in [-0.3, -0.25) is 0 Å². The minimum absolute atomic E-state index is 0.0623. The molecular formula is C22H32N4O3S2. The maximum atomic E-state index is 12.6. The van der Waals surface area contributed by atoms with E-state index in [0.717, 1.165) is 75.3 Å². The van der Waals surface area contributed by atoms with Gasteiger partial charge in [0.2, 0.25) is 14.2 Å². The Balaban J connectivity index is 1.48. The van der Waals surface area contributed by atoms with Gasteiger partial charge >= 0.3 is 6.03 Å². The fraction of sp³-hybridized carbons (Fsp3) is 0.545. The summed E-state index contributed by atoms with van der Waals surface area (Å²) >= 11 is 1.13. The summed E-state index contributed by atoms with van der Waals surface area (Å²) in [6.07, 6.45) is 5.44. The number of benzene rings is 1. The van der Waals surface area contributed by atoms with Crippen molar-refractivity contribution in [3.05, 3.63) is 41.4 Å². The van der Waals surface area contributed by atoms with Crippen LogP contribution in [0, 0.1) is 0 Å². The number of thiazole rings is 1. The molecule has 1 aliphatic rings. The third-order valence-corrected chi connectivity index (χ3v) is 8.70. The van der Waals surface area contributed by atoms with E-state index in [2.05, 4.69) is 29.0 Å². The lowest BCUT2D eigenvalue weighted by atomic mass is 10.1. The Morgan fingerprint density at radius 3 is 2.68 bits per heavy atom. The van der Waals surface area contributed by atoms with Crippen molar-refractivity contribution in [2.45, 2.75) is 54.8 Å². The first-order valence-electron chi connectivity index (χ1n) is 10.9. The van der Waals surface area contributed by atoms with Crippen molar-refractivity contribution < 1.29 is 13.2 Å². The number of hydrogen-bond acceptors (Lipinski definition) is 6. The minimum atomic E-state index is -3.53. The zero-order chi connectivity index (χ0) is 22.3. The Morgan fingerprint density at radius 1 is 1.26 bits per heavy atom. The van der Waals surface area contributed by atoms with E-state index in [1.54, 1.807) is 17.5 Å². The quantitative estimate of drug-likeness (QED) is 0.515. The number of likely N-dealkylation sites (N-methyl/N-ethyl adjacent to an activating group) is 1. The number of hydrogen-bond donors (Lipinski definition) is 1. The number of nitrogens with zero attached hydrogens (tertiary/aromatic N) is 3.